The molecule has 0 bridgehead atoms. The topological polar surface area (TPSA) is 78.9 Å². The van der Waals surface area contributed by atoms with Gasteiger partial charge in [0.2, 0.25) is 0 Å². The average molecular weight is 829 g/mol. The number of rotatable bonds is 46. The van der Waals surface area contributed by atoms with Gasteiger partial charge >= 0.3 is 17.9 Å². The van der Waals surface area contributed by atoms with E-state index in [1.54, 1.807) is 0 Å². The number of hydrogen-bond acceptors (Lipinski definition) is 6. The summed E-state index contributed by atoms with van der Waals surface area (Å²) in [4.78, 5) is 37.9. The van der Waals surface area contributed by atoms with Crippen LogP contribution in [0.3, 0.4) is 0 Å². The highest BCUT2D eigenvalue weighted by molar-refractivity contribution is 5.71. The molecule has 0 aromatic heterocycles. The average Bonchev–Trinajstić information content (AvgIpc) is 3.23. The Morgan fingerprint density at radius 2 is 0.661 bits per heavy atom. The second-order valence-electron chi connectivity index (χ2n) is 17.1. The number of allylic oxidation sites excluding steroid dienone is 6. The molecule has 0 amide bonds. The highest BCUT2D eigenvalue weighted by Crippen LogP contribution is 2.16. The quantitative estimate of drug-likeness (QED) is 0.0263. The van der Waals surface area contributed by atoms with E-state index in [4.69, 9.17) is 14.2 Å². The van der Waals surface area contributed by atoms with Gasteiger partial charge in [0.25, 0.3) is 0 Å². The summed E-state index contributed by atoms with van der Waals surface area (Å²) in [5.74, 6) is -0.880. The van der Waals surface area contributed by atoms with Crippen molar-refractivity contribution in [3.8, 4) is 0 Å². The van der Waals surface area contributed by atoms with Crippen LogP contribution in [-0.4, -0.2) is 37.2 Å². The number of carbonyl (C=O) groups is 3. The van der Waals surface area contributed by atoms with Crippen LogP contribution < -0.4 is 0 Å². The Kier molecular flexibility index (Phi) is 46.4. The third-order valence-electron chi connectivity index (χ3n) is 11.2. The van der Waals surface area contributed by atoms with Crippen molar-refractivity contribution in [2.45, 2.75) is 271 Å². The molecule has 0 spiro atoms. The molecule has 0 radical (unpaired) electrons. The molecular weight excluding hydrogens is 733 g/mol. The van der Waals surface area contributed by atoms with Crippen molar-refractivity contribution in [2.75, 3.05) is 13.2 Å². The molecule has 0 rings (SSSR count). The van der Waals surface area contributed by atoms with Gasteiger partial charge in [-0.05, 0) is 51.4 Å². The van der Waals surface area contributed by atoms with E-state index in [0.717, 1.165) is 96.3 Å². The van der Waals surface area contributed by atoms with Gasteiger partial charge in [-0.25, -0.2) is 0 Å². The van der Waals surface area contributed by atoms with Crippen molar-refractivity contribution < 1.29 is 28.6 Å². The largest absolute Gasteiger partial charge is 0.462 e. The fraction of sp³-hybridized carbons (Fsp3) is 0.830. The number of ether oxygens (including phenoxy) is 3. The van der Waals surface area contributed by atoms with E-state index in [0.29, 0.717) is 19.3 Å². The third kappa shape index (κ3) is 46.5. The van der Waals surface area contributed by atoms with Crippen LogP contribution in [0, 0.1) is 0 Å². The highest BCUT2D eigenvalue weighted by Gasteiger charge is 2.19. The molecule has 0 saturated heterocycles. The number of hydrogen-bond donors (Lipinski definition) is 0. The Labute approximate surface area is 365 Å². The molecule has 6 nitrogen and oxygen atoms in total. The van der Waals surface area contributed by atoms with E-state index >= 15 is 0 Å². The van der Waals surface area contributed by atoms with Gasteiger partial charge in [-0.15, -0.1) is 0 Å². The first-order valence-electron chi connectivity index (χ1n) is 25.5. The molecule has 0 aromatic carbocycles. The second-order valence-corrected chi connectivity index (χ2v) is 17.1. The van der Waals surface area contributed by atoms with E-state index in [-0.39, 0.29) is 31.1 Å². The third-order valence-corrected chi connectivity index (χ3v) is 11.2. The molecule has 6 heteroatoms. The molecular formula is C53H96O6. The Hall–Kier alpha value is -2.37. The first-order chi connectivity index (χ1) is 29.0. The zero-order valence-corrected chi connectivity index (χ0v) is 39.3. The van der Waals surface area contributed by atoms with Crippen molar-refractivity contribution in [1.82, 2.24) is 0 Å². The highest BCUT2D eigenvalue weighted by atomic mass is 16.6. The Morgan fingerprint density at radius 1 is 0.356 bits per heavy atom. The smallest absolute Gasteiger partial charge is 0.306 e. The van der Waals surface area contributed by atoms with E-state index < -0.39 is 6.10 Å². The van der Waals surface area contributed by atoms with Gasteiger partial charge in [-0.3, -0.25) is 14.4 Å². The summed E-state index contributed by atoms with van der Waals surface area (Å²) < 4.78 is 16.8. The van der Waals surface area contributed by atoms with Gasteiger partial charge in [-0.2, -0.15) is 0 Å². The van der Waals surface area contributed by atoms with Gasteiger partial charge in [0, 0.05) is 19.3 Å². The molecule has 59 heavy (non-hydrogen) atoms. The van der Waals surface area contributed by atoms with Gasteiger partial charge < -0.3 is 14.2 Å². The lowest BCUT2D eigenvalue weighted by molar-refractivity contribution is -0.167. The van der Waals surface area contributed by atoms with E-state index in [9.17, 15) is 14.4 Å². The molecule has 0 heterocycles. The summed E-state index contributed by atoms with van der Waals surface area (Å²) in [6, 6.07) is 0. The van der Waals surface area contributed by atoms with Crippen LogP contribution in [0.25, 0.3) is 0 Å². The Balaban J connectivity index is 4.37. The van der Waals surface area contributed by atoms with Crippen LogP contribution >= 0.6 is 0 Å². The lowest BCUT2D eigenvalue weighted by Crippen LogP contribution is -2.30. The zero-order valence-electron chi connectivity index (χ0n) is 39.3. The Morgan fingerprint density at radius 3 is 1.03 bits per heavy atom. The summed E-state index contributed by atoms with van der Waals surface area (Å²) in [5, 5.41) is 0. The summed E-state index contributed by atoms with van der Waals surface area (Å²) in [6.07, 6.45) is 55.5. The first-order valence-corrected chi connectivity index (χ1v) is 25.5. The minimum atomic E-state index is -0.773. The van der Waals surface area contributed by atoms with E-state index in [2.05, 4.69) is 57.2 Å². The molecule has 0 aliphatic rings. The number of unbranched alkanes of at least 4 members (excludes halogenated alkanes) is 29. The fourth-order valence-corrected chi connectivity index (χ4v) is 7.34. The van der Waals surface area contributed by atoms with Crippen LogP contribution in [0.1, 0.15) is 265 Å². The molecule has 0 unspecified atom stereocenters. The summed E-state index contributed by atoms with van der Waals surface area (Å²) >= 11 is 0. The van der Waals surface area contributed by atoms with E-state index in [1.165, 1.54) is 128 Å². The van der Waals surface area contributed by atoms with Crippen molar-refractivity contribution in [3.05, 3.63) is 36.5 Å². The molecule has 0 saturated carbocycles. The monoisotopic (exact) mass is 829 g/mol. The molecule has 344 valence electrons. The predicted octanol–water partition coefficient (Wildman–Crippen LogP) is 16.5. The van der Waals surface area contributed by atoms with E-state index in [1.807, 2.05) is 0 Å². The van der Waals surface area contributed by atoms with Crippen LogP contribution in [0.2, 0.25) is 0 Å². The van der Waals surface area contributed by atoms with Crippen molar-refractivity contribution in [1.29, 1.82) is 0 Å². The predicted molar refractivity (Wildman–Crippen MR) is 252 cm³/mol. The van der Waals surface area contributed by atoms with Gasteiger partial charge in [0.15, 0.2) is 6.10 Å². The maximum absolute atomic E-state index is 12.8. The minimum absolute atomic E-state index is 0.0735. The van der Waals surface area contributed by atoms with Crippen LogP contribution in [0.5, 0.6) is 0 Å². The standard InChI is InChI=1S/C53H96O6/c1-4-7-10-13-16-19-22-25-26-29-31-34-37-40-43-46-52(55)58-49-50(59-53(56)47-44-41-38-35-32-28-24-21-18-15-12-9-6-3)48-57-51(54)45-42-39-36-33-30-27-23-20-17-14-11-8-5-2/h7,10,16,19,25-26,50H,4-6,8-9,11-15,17-18,20-24,27-49H2,1-3H3/b10-7+,19-16+,26-25+/t50-/m1/s1. The Bertz CT molecular complexity index is 1000. The molecule has 0 fully saturated rings. The zero-order chi connectivity index (χ0) is 43.0. The number of esters is 3. The van der Waals surface area contributed by atoms with Crippen molar-refractivity contribution >= 4 is 17.9 Å². The maximum Gasteiger partial charge on any atom is 0.306 e. The summed E-state index contributed by atoms with van der Waals surface area (Å²) in [5.41, 5.74) is 0. The van der Waals surface area contributed by atoms with Crippen LogP contribution in [-0.2, 0) is 28.6 Å². The molecule has 1 atom stereocenters. The van der Waals surface area contributed by atoms with Gasteiger partial charge in [0.05, 0.1) is 0 Å². The summed E-state index contributed by atoms with van der Waals surface area (Å²) in [7, 11) is 0. The summed E-state index contributed by atoms with van der Waals surface area (Å²) in [6.45, 7) is 6.53. The lowest BCUT2D eigenvalue weighted by Gasteiger charge is -2.18. The normalized spacial score (nSPS) is 12.3. The van der Waals surface area contributed by atoms with Crippen LogP contribution in [0.15, 0.2) is 36.5 Å². The first kappa shape index (κ1) is 56.6. The molecule has 0 aromatic rings. The molecule has 0 aliphatic carbocycles. The number of carbonyl (C=O) groups excluding carboxylic acids is 3. The second kappa shape index (κ2) is 48.3. The van der Waals surface area contributed by atoms with Crippen LogP contribution in [0.4, 0.5) is 0 Å². The SMILES string of the molecule is CC/C=C/C/C=C/C/C=C/CCCCCCCC(=O)OC[C@@H](COC(=O)CCCCCCCCCCCCCCC)OC(=O)CCCCCCCCCCCCCCC. The van der Waals surface area contributed by atoms with Crippen molar-refractivity contribution in [3.63, 3.8) is 0 Å². The molecule has 0 N–H and O–H groups in total. The minimum Gasteiger partial charge on any atom is -0.462 e. The molecule has 0 aliphatic heterocycles. The van der Waals surface area contributed by atoms with Crippen molar-refractivity contribution in [2.24, 2.45) is 0 Å². The maximum atomic E-state index is 12.8. The fourth-order valence-electron chi connectivity index (χ4n) is 7.34. The van der Waals surface area contributed by atoms with Gasteiger partial charge in [0.1, 0.15) is 13.2 Å². The lowest BCUT2D eigenvalue weighted by atomic mass is 10.0. The van der Waals surface area contributed by atoms with Gasteiger partial charge in [-0.1, -0.05) is 231 Å².